The quantitative estimate of drug-likeness (QED) is 0.805. The Hall–Kier alpha value is -1.91. The molecular formula is C17H20N2O2. The lowest BCUT2D eigenvalue weighted by Gasteiger charge is -2.29. The summed E-state index contributed by atoms with van der Waals surface area (Å²) in [5, 5.41) is 13.2. The van der Waals surface area contributed by atoms with Gasteiger partial charge in [-0.2, -0.15) is 0 Å². The van der Waals surface area contributed by atoms with Gasteiger partial charge in [-0.25, -0.2) is 0 Å². The lowest BCUT2D eigenvalue weighted by molar-refractivity contribution is 0.228. The average Bonchev–Trinajstić information content (AvgIpc) is 2.53. The topological polar surface area (TPSA) is 65.1 Å². The van der Waals surface area contributed by atoms with Crippen LogP contribution in [0.1, 0.15) is 41.7 Å². The molecule has 4 nitrogen and oxygen atoms in total. The predicted octanol–water partition coefficient (Wildman–Crippen LogP) is 2.08. The standard InChI is InChI=1S/C17H20N2O2/c20-11-16(12-5-2-1-3-6-12)18-14-7-4-8-15-13(14)9-10-17(21)19-15/h1-3,5-6,9-10,14,16,18,20H,4,7-8,11H2,(H,19,21)/t14?,16-/m1/s1. The normalized spacial score (nSPS) is 19.0. The smallest absolute Gasteiger partial charge is 0.248 e. The number of hydrogen-bond acceptors (Lipinski definition) is 3. The van der Waals surface area contributed by atoms with Crippen LogP contribution in [-0.2, 0) is 6.42 Å². The Balaban J connectivity index is 1.84. The molecule has 3 rings (SSSR count). The van der Waals surface area contributed by atoms with E-state index in [4.69, 9.17) is 0 Å². The molecule has 0 saturated carbocycles. The van der Waals surface area contributed by atoms with Crippen LogP contribution in [0.2, 0.25) is 0 Å². The first-order valence-corrected chi connectivity index (χ1v) is 7.42. The number of nitrogens with one attached hydrogen (secondary N) is 2. The number of aromatic nitrogens is 1. The Morgan fingerprint density at radius 3 is 2.81 bits per heavy atom. The van der Waals surface area contributed by atoms with E-state index in [0.29, 0.717) is 0 Å². The molecule has 1 heterocycles. The number of pyridine rings is 1. The maximum atomic E-state index is 11.4. The van der Waals surface area contributed by atoms with E-state index in [9.17, 15) is 9.90 Å². The second-order valence-corrected chi connectivity index (χ2v) is 5.51. The number of benzene rings is 1. The highest BCUT2D eigenvalue weighted by Gasteiger charge is 2.23. The summed E-state index contributed by atoms with van der Waals surface area (Å²) < 4.78 is 0. The number of aryl methyl sites for hydroxylation is 1. The molecule has 1 aromatic heterocycles. The highest BCUT2D eigenvalue weighted by atomic mass is 16.3. The molecule has 0 amide bonds. The molecule has 110 valence electrons. The van der Waals surface area contributed by atoms with Crippen molar-refractivity contribution in [1.29, 1.82) is 0 Å². The van der Waals surface area contributed by atoms with E-state index in [-0.39, 0.29) is 24.2 Å². The summed E-state index contributed by atoms with van der Waals surface area (Å²) in [6, 6.07) is 13.5. The van der Waals surface area contributed by atoms with Crippen LogP contribution >= 0.6 is 0 Å². The van der Waals surface area contributed by atoms with Gasteiger partial charge in [-0.05, 0) is 30.4 Å². The van der Waals surface area contributed by atoms with E-state index in [0.717, 1.165) is 36.1 Å². The molecule has 0 aliphatic heterocycles. The van der Waals surface area contributed by atoms with Crippen molar-refractivity contribution in [2.75, 3.05) is 6.61 Å². The Labute approximate surface area is 123 Å². The van der Waals surface area contributed by atoms with Gasteiger partial charge in [0.1, 0.15) is 0 Å². The van der Waals surface area contributed by atoms with Crippen LogP contribution < -0.4 is 10.9 Å². The first-order valence-electron chi connectivity index (χ1n) is 7.42. The minimum atomic E-state index is -0.0888. The molecule has 3 N–H and O–H groups in total. The van der Waals surface area contributed by atoms with Crippen LogP contribution in [0.15, 0.2) is 47.3 Å². The third-order valence-electron chi connectivity index (χ3n) is 4.12. The second-order valence-electron chi connectivity index (χ2n) is 5.51. The van der Waals surface area contributed by atoms with Crippen LogP contribution in [0.5, 0.6) is 0 Å². The monoisotopic (exact) mass is 284 g/mol. The van der Waals surface area contributed by atoms with E-state index in [1.807, 2.05) is 36.4 Å². The average molecular weight is 284 g/mol. The molecule has 1 aliphatic rings. The van der Waals surface area contributed by atoms with Crippen molar-refractivity contribution >= 4 is 0 Å². The van der Waals surface area contributed by atoms with Crippen molar-refractivity contribution in [2.45, 2.75) is 31.3 Å². The molecule has 0 spiro atoms. The third kappa shape index (κ3) is 3.06. The summed E-state index contributed by atoms with van der Waals surface area (Å²) in [6.45, 7) is 0.0548. The van der Waals surface area contributed by atoms with Gasteiger partial charge in [0.05, 0.1) is 12.6 Å². The van der Waals surface area contributed by atoms with Crippen LogP contribution in [-0.4, -0.2) is 16.7 Å². The number of aliphatic hydroxyl groups is 1. The molecule has 1 aromatic carbocycles. The molecule has 1 aliphatic carbocycles. The molecular weight excluding hydrogens is 264 g/mol. The van der Waals surface area contributed by atoms with Gasteiger partial charge >= 0.3 is 0 Å². The summed E-state index contributed by atoms with van der Waals surface area (Å²) >= 11 is 0. The maximum Gasteiger partial charge on any atom is 0.248 e. The van der Waals surface area contributed by atoms with Crippen LogP contribution in [0.25, 0.3) is 0 Å². The molecule has 0 bridgehead atoms. The van der Waals surface area contributed by atoms with E-state index in [1.165, 1.54) is 0 Å². The Morgan fingerprint density at radius 1 is 1.24 bits per heavy atom. The van der Waals surface area contributed by atoms with Gasteiger partial charge in [-0.3, -0.25) is 4.79 Å². The van der Waals surface area contributed by atoms with Crippen molar-refractivity contribution in [2.24, 2.45) is 0 Å². The Kier molecular flexibility index (Phi) is 4.18. The van der Waals surface area contributed by atoms with Gasteiger partial charge in [0.25, 0.3) is 0 Å². The lowest BCUT2D eigenvalue weighted by Crippen LogP contribution is -2.32. The van der Waals surface area contributed by atoms with E-state index < -0.39 is 0 Å². The zero-order valence-electron chi connectivity index (χ0n) is 11.9. The van der Waals surface area contributed by atoms with Crippen molar-refractivity contribution in [1.82, 2.24) is 10.3 Å². The zero-order chi connectivity index (χ0) is 14.7. The van der Waals surface area contributed by atoms with Gasteiger partial charge in [-0.15, -0.1) is 0 Å². The summed E-state index contributed by atoms with van der Waals surface area (Å²) in [6.07, 6.45) is 2.97. The minimum absolute atomic E-state index is 0.0452. The van der Waals surface area contributed by atoms with Crippen LogP contribution in [0.3, 0.4) is 0 Å². The maximum absolute atomic E-state index is 11.4. The molecule has 4 heteroatoms. The molecule has 0 fully saturated rings. The van der Waals surface area contributed by atoms with Gasteiger partial charge < -0.3 is 15.4 Å². The predicted molar refractivity (Wildman–Crippen MR) is 82.1 cm³/mol. The molecule has 1 unspecified atom stereocenters. The highest BCUT2D eigenvalue weighted by Crippen LogP contribution is 2.29. The molecule has 2 atom stereocenters. The summed E-state index contributed by atoms with van der Waals surface area (Å²) in [7, 11) is 0. The zero-order valence-corrected chi connectivity index (χ0v) is 11.9. The second kappa shape index (κ2) is 6.24. The molecule has 0 radical (unpaired) electrons. The Bertz CT molecular complexity index is 651. The van der Waals surface area contributed by atoms with E-state index in [2.05, 4.69) is 10.3 Å². The number of H-pyrrole nitrogens is 1. The van der Waals surface area contributed by atoms with Crippen LogP contribution in [0, 0.1) is 0 Å². The lowest BCUT2D eigenvalue weighted by atomic mass is 9.90. The SMILES string of the molecule is O=c1ccc2c([nH]1)CCCC2N[C@H](CO)c1ccccc1. The largest absolute Gasteiger partial charge is 0.394 e. The van der Waals surface area contributed by atoms with Gasteiger partial charge in [0.15, 0.2) is 0 Å². The van der Waals surface area contributed by atoms with Gasteiger partial charge in [0, 0.05) is 17.8 Å². The molecule has 2 aromatic rings. The van der Waals surface area contributed by atoms with Crippen LogP contribution in [0.4, 0.5) is 0 Å². The Morgan fingerprint density at radius 2 is 2.05 bits per heavy atom. The fourth-order valence-electron chi connectivity index (χ4n) is 3.06. The number of rotatable bonds is 4. The van der Waals surface area contributed by atoms with Crippen molar-refractivity contribution in [3.05, 3.63) is 69.6 Å². The number of aliphatic hydroxyl groups excluding tert-OH is 1. The number of fused-ring (bicyclic) bond motifs is 1. The van der Waals surface area contributed by atoms with Crippen molar-refractivity contribution in [3.8, 4) is 0 Å². The van der Waals surface area contributed by atoms with Crippen molar-refractivity contribution < 1.29 is 5.11 Å². The van der Waals surface area contributed by atoms with Gasteiger partial charge in [-0.1, -0.05) is 36.4 Å². The van der Waals surface area contributed by atoms with E-state index >= 15 is 0 Å². The first-order chi connectivity index (χ1) is 10.3. The van der Waals surface area contributed by atoms with Crippen molar-refractivity contribution in [3.63, 3.8) is 0 Å². The third-order valence-corrected chi connectivity index (χ3v) is 4.12. The summed E-state index contributed by atoms with van der Waals surface area (Å²) in [5.41, 5.74) is 3.21. The fraction of sp³-hybridized carbons (Fsp3) is 0.353. The number of aromatic amines is 1. The minimum Gasteiger partial charge on any atom is -0.394 e. The number of hydrogen-bond donors (Lipinski definition) is 3. The highest BCUT2D eigenvalue weighted by molar-refractivity contribution is 5.27. The summed E-state index contributed by atoms with van der Waals surface area (Å²) in [4.78, 5) is 14.4. The van der Waals surface area contributed by atoms with Gasteiger partial charge in [0.2, 0.25) is 5.56 Å². The molecule has 21 heavy (non-hydrogen) atoms. The van der Waals surface area contributed by atoms with E-state index in [1.54, 1.807) is 6.07 Å². The first kappa shape index (κ1) is 14.0. The molecule has 0 saturated heterocycles. The fourth-order valence-corrected chi connectivity index (χ4v) is 3.06. The summed E-state index contributed by atoms with van der Waals surface area (Å²) in [5.74, 6) is 0.